The molecular formula is C14H27NO3. The first-order chi connectivity index (χ1) is 8.43. The van der Waals surface area contributed by atoms with Crippen molar-refractivity contribution in [3.8, 4) is 0 Å². The molecule has 0 N–H and O–H groups in total. The fourth-order valence-electron chi connectivity index (χ4n) is 1.78. The van der Waals surface area contributed by atoms with E-state index in [1.54, 1.807) is 11.8 Å². The highest BCUT2D eigenvalue weighted by Gasteiger charge is 2.24. The normalized spacial score (nSPS) is 12.3. The van der Waals surface area contributed by atoms with Crippen molar-refractivity contribution < 1.29 is 14.3 Å². The van der Waals surface area contributed by atoms with Crippen molar-refractivity contribution in [1.29, 1.82) is 0 Å². The summed E-state index contributed by atoms with van der Waals surface area (Å²) in [5.74, 6) is -0.310. The van der Waals surface area contributed by atoms with E-state index in [2.05, 4.69) is 6.92 Å². The van der Waals surface area contributed by atoms with Gasteiger partial charge in [-0.15, -0.1) is 0 Å². The monoisotopic (exact) mass is 257 g/mol. The number of unbranched alkanes of at least 4 members (excludes halogenated alkanes) is 1. The zero-order valence-electron chi connectivity index (χ0n) is 12.4. The highest BCUT2D eigenvalue weighted by atomic mass is 16.5. The minimum absolute atomic E-state index is 0.0194. The molecule has 18 heavy (non-hydrogen) atoms. The van der Waals surface area contributed by atoms with Crippen molar-refractivity contribution in [2.75, 3.05) is 13.2 Å². The fraction of sp³-hybridized carbons (Fsp3) is 0.857. The second kappa shape index (κ2) is 8.95. The minimum atomic E-state index is -0.331. The molecule has 106 valence electrons. The molecule has 0 aliphatic carbocycles. The molecule has 1 atom stereocenters. The third kappa shape index (κ3) is 6.03. The predicted molar refractivity (Wildman–Crippen MR) is 72.2 cm³/mol. The second-order valence-electron chi connectivity index (χ2n) is 4.91. The van der Waals surface area contributed by atoms with Gasteiger partial charge in [-0.3, -0.25) is 9.59 Å². The van der Waals surface area contributed by atoms with Gasteiger partial charge in [0, 0.05) is 12.0 Å². The molecule has 4 heteroatoms. The minimum Gasteiger partial charge on any atom is -0.465 e. The third-order valence-electron chi connectivity index (χ3n) is 2.92. The number of nitrogens with zero attached hydrogens (tertiary/aromatic N) is 1. The second-order valence-corrected chi connectivity index (χ2v) is 4.91. The van der Waals surface area contributed by atoms with Crippen molar-refractivity contribution in [3.63, 3.8) is 0 Å². The molecule has 0 saturated carbocycles. The van der Waals surface area contributed by atoms with Crippen LogP contribution in [0.25, 0.3) is 0 Å². The predicted octanol–water partition coefficient (Wildman–Crippen LogP) is 2.61. The van der Waals surface area contributed by atoms with Crippen LogP contribution in [0.2, 0.25) is 0 Å². The summed E-state index contributed by atoms with van der Waals surface area (Å²) in [7, 11) is 0. The average molecular weight is 257 g/mol. The van der Waals surface area contributed by atoms with Crippen molar-refractivity contribution in [1.82, 2.24) is 4.90 Å². The Bertz CT molecular complexity index is 264. The van der Waals surface area contributed by atoms with Gasteiger partial charge in [0.2, 0.25) is 5.91 Å². The first-order valence-electron chi connectivity index (χ1n) is 6.90. The summed E-state index contributed by atoms with van der Waals surface area (Å²) < 4.78 is 4.90. The summed E-state index contributed by atoms with van der Waals surface area (Å²) in [6, 6.07) is 0.0194. The molecule has 0 aromatic rings. The maximum absolute atomic E-state index is 12.2. The third-order valence-corrected chi connectivity index (χ3v) is 2.92. The Morgan fingerprint density at radius 1 is 1.17 bits per heavy atom. The fourth-order valence-corrected chi connectivity index (χ4v) is 1.78. The van der Waals surface area contributed by atoms with Gasteiger partial charge in [0.05, 0.1) is 6.61 Å². The topological polar surface area (TPSA) is 46.6 Å². The van der Waals surface area contributed by atoms with Gasteiger partial charge in [-0.2, -0.15) is 0 Å². The molecule has 0 aromatic heterocycles. The van der Waals surface area contributed by atoms with Gasteiger partial charge in [0.25, 0.3) is 0 Å². The maximum Gasteiger partial charge on any atom is 0.325 e. The Morgan fingerprint density at radius 2 is 1.78 bits per heavy atom. The van der Waals surface area contributed by atoms with Crippen LogP contribution in [-0.4, -0.2) is 36.0 Å². The Balaban J connectivity index is 4.48. The lowest BCUT2D eigenvalue weighted by Crippen LogP contribution is -2.43. The highest BCUT2D eigenvalue weighted by Crippen LogP contribution is 2.13. The number of carbonyl (C=O) groups is 2. The molecule has 0 fully saturated rings. The van der Waals surface area contributed by atoms with Crippen LogP contribution in [0.3, 0.4) is 0 Å². The van der Waals surface area contributed by atoms with E-state index in [0.717, 1.165) is 19.3 Å². The lowest BCUT2D eigenvalue weighted by Gasteiger charge is -2.28. The number of rotatable bonds is 8. The zero-order valence-corrected chi connectivity index (χ0v) is 12.4. The standard InChI is InChI=1S/C14H27NO3/c1-6-8-9-12(5)14(17)15(11(3)4)10-13(16)18-7-2/h11-12H,6-10H2,1-5H3. The first kappa shape index (κ1) is 16.9. The molecule has 0 bridgehead atoms. The van der Waals surface area contributed by atoms with Gasteiger partial charge in [-0.1, -0.05) is 26.7 Å². The van der Waals surface area contributed by atoms with E-state index in [1.807, 2.05) is 20.8 Å². The van der Waals surface area contributed by atoms with E-state index in [9.17, 15) is 9.59 Å². The number of hydrogen-bond donors (Lipinski definition) is 0. The van der Waals surface area contributed by atoms with Gasteiger partial charge in [0.15, 0.2) is 0 Å². The number of ether oxygens (including phenoxy) is 1. The van der Waals surface area contributed by atoms with Gasteiger partial charge in [-0.25, -0.2) is 0 Å². The molecule has 0 aliphatic heterocycles. The molecule has 0 saturated heterocycles. The van der Waals surface area contributed by atoms with Gasteiger partial charge < -0.3 is 9.64 Å². The lowest BCUT2D eigenvalue weighted by atomic mass is 10.0. The Labute approximate surface area is 111 Å². The molecule has 0 rings (SSSR count). The van der Waals surface area contributed by atoms with Crippen molar-refractivity contribution >= 4 is 11.9 Å². The summed E-state index contributed by atoms with van der Waals surface area (Å²) in [6.45, 7) is 10.1. The van der Waals surface area contributed by atoms with E-state index >= 15 is 0 Å². The maximum atomic E-state index is 12.2. The van der Waals surface area contributed by atoms with E-state index in [4.69, 9.17) is 4.74 Å². The summed E-state index contributed by atoms with van der Waals surface area (Å²) in [5, 5.41) is 0. The van der Waals surface area contributed by atoms with Crippen molar-refractivity contribution in [3.05, 3.63) is 0 Å². The van der Waals surface area contributed by atoms with Crippen LogP contribution in [0.5, 0.6) is 0 Å². The summed E-state index contributed by atoms with van der Waals surface area (Å²) in [5.41, 5.74) is 0. The van der Waals surface area contributed by atoms with Gasteiger partial charge in [0.1, 0.15) is 6.54 Å². The van der Waals surface area contributed by atoms with Crippen LogP contribution in [0.15, 0.2) is 0 Å². The van der Waals surface area contributed by atoms with E-state index in [0.29, 0.717) is 6.61 Å². The summed E-state index contributed by atoms with van der Waals surface area (Å²) >= 11 is 0. The molecule has 0 spiro atoms. The molecule has 0 heterocycles. The number of esters is 1. The van der Waals surface area contributed by atoms with E-state index < -0.39 is 0 Å². The van der Waals surface area contributed by atoms with E-state index in [1.165, 1.54) is 0 Å². The molecule has 0 aliphatic rings. The lowest BCUT2D eigenvalue weighted by molar-refractivity contribution is -0.151. The van der Waals surface area contributed by atoms with Gasteiger partial charge >= 0.3 is 5.97 Å². The quantitative estimate of drug-likeness (QED) is 0.628. The summed E-state index contributed by atoms with van der Waals surface area (Å²) in [6.07, 6.45) is 3.00. The SMILES string of the molecule is CCCCC(C)C(=O)N(CC(=O)OCC)C(C)C. The Kier molecular flexibility index (Phi) is 8.42. The molecular weight excluding hydrogens is 230 g/mol. The van der Waals surface area contributed by atoms with Crippen LogP contribution in [-0.2, 0) is 14.3 Å². The van der Waals surface area contributed by atoms with Crippen LogP contribution in [0.1, 0.15) is 53.9 Å². The Morgan fingerprint density at radius 3 is 2.22 bits per heavy atom. The zero-order chi connectivity index (χ0) is 14.1. The average Bonchev–Trinajstić information content (AvgIpc) is 2.32. The van der Waals surface area contributed by atoms with Crippen LogP contribution in [0, 0.1) is 5.92 Å². The van der Waals surface area contributed by atoms with Crippen LogP contribution >= 0.6 is 0 Å². The van der Waals surface area contributed by atoms with Crippen molar-refractivity contribution in [2.24, 2.45) is 5.92 Å². The van der Waals surface area contributed by atoms with Crippen LogP contribution < -0.4 is 0 Å². The molecule has 0 aromatic carbocycles. The molecule has 4 nitrogen and oxygen atoms in total. The highest BCUT2D eigenvalue weighted by molar-refractivity contribution is 5.83. The molecule has 1 unspecified atom stereocenters. The first-order valence-corrected chi connectivity index (χ1v) is 6.90. The Hall–Kier alpha value is -1.06. The largest absolute Gasteiger partial charge is 0.465 e. The number of carbonyl (C=O) groups excluding carboxylic acids is 2. The van der Waals surface area contributed by atoms with Gasteiger partial charge in [-0.05, 0) is 27.2 Å². The summed E-state index contributed by atoms with van der Waals surface area (Å²) in [4.78, 5) is 25.3. The van der Waals surface area contributed by atoms with Crippen LogP contribution in [0.4, 0.5) is 0 Å². The molecule has 0 radical (unpaired) electrons. The number of hydrogen-bond acceptors (Lipinski definition) is 3. The van der Waals surface area contributed by atoms with Crippen molar-refractivity contribution in [2.45, 2.75) is 59.9 Å². The van der Waals surface area contributed by atoms with E-state index in [-0.39, 0.29) is 30.4 Å². The number of amides is 1. The smallest absolute Gasteiger partial charge is 0.325 e. The molecule has 1 amide bonds.